The Labute approximate surface area is 307 Å². The molecule has 0 bridgehead atoms. The highest BCUT2D eigenvalue weighted by molar-refractivity contribution is 6.01. The molecule has 2 aliphatic carbocycles. The summed E-state index contributed by atoms with van der Waals surface area (Å²) in [6.07, 6.45) is 9.32. The largest absolute Gasteiger partial charge is 0.453 e. The number of aromatic amines is 1. The standard InChI is InChI=1S/C42H43F2N5O4/c1-52-41(51)48-38(24-14-17-53-18-15-24)40(50)49-16-4-7-37(49)35-22-29-19-26(10-13-34(29)46-35)27-8-11-30-31-12-9-28(21-33(31)42(43,44)32(30)20-27)36-23-45-39(47-36)25-5-2-3-6-25/h8-13,19-21,23-25,37-38H,2-7,14-18,22H2,1H3,(H,45,47)(H,48,51)/t37-,38-/m0/s1. The first-order valence-electron chi connectivity index (χ1n) is 18.9. The average molecular weight is 720 g/mol. The van der Waals surface area contributed by atoms with Gasteiger partial charge in [-0.05, 0) is 96.5 Å². The van der Waals surface area contributed by atoms with E-state index in [0.29, 0.717) is 67.2 Å². The third-order valence-electron chi connectivity index (χ3n) is 12.1. The van der Waals surface area contributed by atoms with Crippen LogP contribution in [0.25, 0.3) is 33.5 Å². The highest BCUT2D eigenvalue weighted by Gasteiger charge is 2.45. The number of aromatic nitrogens is 2. The van der Waals surface area contributed by atoms with Crippen LogP contribution in [0.1, 0.15) is 79.8 Å². The predicted molar refractivity (Wildman–Crippen MR) is 198 cm³/mol. The fraction of sp³-hybridized carbons (Fsp3) is 0.429. The topological polar surface area (TPSA) is 109 Å². The molecule has 2 atom stereocenters. The molecule has 1 saturated carbocycles. The van der Waals surface area contributed by atoms with Crippen LogP contribution in [0.3, 0.4) is 0 Å². The molecule has 2 amide bonds. The molecular weight excluding hydrogens is 676 g/mol. The number of nitrogens with one attached hydrogen (secondary N) is 2. The Hall–Kier alpha value is -4.90. The minimum absolute atomic E-state index is 0.00981. The van der Waals surface area contributed by atoms with E-state index in [1.165, 1.54) is 20.0 Å². The second-order valence-corrected chi connectivity index (χ2v) is 15.1. The molecule has 2 saturated heterocycles. The molecular formula is C42H43F2N5O4. The normalized spacial score (nSPS) is 21.2. The van der Waals surface area contributed by atoms with E-state index in [0.717, 1.165) is 59.7 Å². The van der Waals surface area contributed by atoms with Crippen LogP contribution in [-0.2, 0) is 26.6 Å². The van der Waals surface area contributed by atoms with Gasteiger partial charge in [-0.15, -0.1) is 0 Å². The lowest BCUT2D eigenvalue weighted by atomic mass is 9.90. The van der Waals surface area contributed by atoms with E-state index in [4.69, 9.17) is 14.5 Å². The molecule has 0 unspecified atom stereocenters. The molecule has 1 aromatic heterocycles. The predicted octanol–water partition coefficient (Wildman–Crippen LogP) is 8.29. The summed E-state index contributed by atoms with van der Waals surface area (Å²) in [6, 6.07) is 15.7. The number of benzene rings is 3. The maximum absolute atomic E-state index is 16.3. The number of ether oxygens (including phenoxy) is 2. The first-order valence-corrected chi connectivity index (χ1v) is 18.9. The summed E-state index contributed by atoms with van der Waals surface area (Å²) in [5.74, 6) is -1.94. The van der Waals surface area contributed by atoms with Crippen molar-refractivity contribution in [1.29, 1.82) is 0 Å². The van der Waals surface area contributed by atoms with Crippen LogP contribution in [-0.4, -0.2) is 71.5 Å². The zero-order valence-electron chi connectivity index (χ0n) is 29.8. The van der Waals surface area contributed by atoms with E-state index in [9.17, 15) is 9.59 Å². The van der Waals surface area contributed by atoms with Crippen molar-refractivity contribution in [3.63, 3.8) is 0 Å². The summed E-state index contributed by atoms with van der Waals surface area (Å²) in [7, 11) is 1.30. The minimum Gasteiger partial charge on any atom is -0.453 e. The van der Waals surface area contributed by atoms with Gasteiger partial charge in [0.15, 0.2) is 0 Å². The molecule has 3 fully saturated rings. The molecule has 4 heterocycles. The highest BCUT2D eigenvalue weighted by Crippen LogP contribution is 2.53. The second-order valence-electron chi connectivity index (χ2n) is 15.1. The van der Waals surface area contributed by atoms with Gasteiger partial charge in [-0.2, -0.15) is 8.78 Å². The number of nitrogens with zero attached hydrogens (tertiary/aromatic N) is 3. The number of carbonyl (C=O) groups is 2. The van der Waals surface area contributed by atoms with Crippen LogP contribution in [0.2, 0.25) is 0 Å². The van der Waals surface area contributed by atoms with Gasteiger partial charge >= 0.3 is 6.09 Å². The highest BCUT2D eigenvalue weighted by atomic mass is 19.3. The SMILES string of the molecule is COC(=O)N[C@H](C(=O)N1CCC[C@H]1C1=Nc2ccc(-c3ccc4c(c3)C(F)(F)c3cc(-c5cnc(C6CCCC6)[nH]5)ccc3-4)cc2C1)C1CCOCC1. The van der Waals surface area contributed by atoms with Crippen LogP contribution in [0.5, 0.6) is 0 Å². The monoisotopic (exact) mass is 719 g/mol. The van der Waals surface area contributed by atoms with Gasteiger partial charge in [0.05, 0.1) is 30.7 Å². The average Bonchev–Trinajstić information content (AvgIpc) is 4.04. The number of aliphatic imine (C=N–C) groups is 1. The Morgan fingerprint density at radius 2 is 1.62 bits per heavy atom. The van der Waals surface area contributed by atoms with Crippen LogP contribution in [0.4, 0.5) is 19.3 Å². The zero-order chi connectivity index (χ0) is 36.3. The molecule has 9 rings (SSSR count). The van der Waals surface area contributed by atoms with Gasteiger partial charge in [0.1, 0.15) is 11.9 Å². The quantitative estimate of drug-likeness (QED) is 0.200. The number of carbonyl (C=O) groups excluding carboxylic acids is 2. The van der Waals surface area contributed by atoms with Crippen molar-refractivity contribution in [2.24, 2.45) is 10.9 Å². The van der Waals surface area contributed by atoms with Crippen LogP contribution in [0.15, 0.2) is 65.8 Å². The lowest BCUT2D eigenvalue weighted by Crippen LogP contribution is -2.55. The van der Waals surface area contributed by atoms with Crippen molar-refractivity contribution < 1.29 is 27.8 Å². The summed E-state index contributed by atoms with van der Waals surface area (Å²) in [6.45, 7) is 1.69. The number of imidazole rings is 1. The van der Waals surface area contributed by atoms with Crippen LogP contribution in [0, 0.1) is 5.92 Å². The lowest BCUT2D eigenvalue weighted by Gasteiger charge is -2.34. The molecule has 2 N–H and O–H groups in total. The van der Waals surface area contributed by atoms with Crippen LogP contribution >= 0.6 is 0 Å². The third kappa shape index (κ3) is 6.02. The van der Waals surface area contributed by atoms with Crippen LogP contribution < -0.4 is 5.32 Å². The van der Waals surface area contributed by atoms with Gasteiger partial charge in [0.2, 0.25) is 5.91 Å². The third-order valence-corrected chi connectivity index (χ3v) is 12.1. The van der Waals surface area contributed by atoms with E-state index in [-0.39, 0.29) is 29.0 Å². The summed E-state index contributed by atoms with van der Waals surface area (Å²) >= 11 is 0. The Morgan fingerprint density at radius 1 is 0.925 bits per heavy atom. The molecule has 3 aromatic carbocycles. The molecule has 0 spiro atoms. The Bertz CT molecular complexity index is 2120. The molecule has 4 aromatic rings. The van der Waals surface area contributed by atoms with Crippen molar-refractivity contribution in [2.75, 3.05) is 26.9 Å². The fourth-order valence-electron chi connectivity index (χ4n) is 9.23. The van der Waals surface area contributed by atoms with E-state index in [1.807, 2.05) is 47.4 Å². The summed E-state index contributed by atoms with van der Waals surface area (Å²) in [4.78, 5) is 41.2. The summed E-state index contributed by atoms with van der Waals surface area (Å²) in [5.41, 5.74) is 6.91. The number of amides is 2. The number of H-pyrrole nitrogens is 1. The Balaban J connectivity index is 0.932. The smallest absolute Gasteiger partial charge is 0.407 e. The van der Waals surface area contributed by atoms with Crippen molar-refractivity contribution in [3.05, 3.63) is 83.3 Å². The minimum atomic E-state index is -3.15. The molecule has 53 heavy (non-hydrogen) atoms. The maximum atomic E-state index is 16.3. The van der Waals surface area contributed by atoms with Gasteiger partial charge in [-0.25, -0.2) is 9.78 Å². The van der Waals surface area contributed by atoms with Gasteiger partial charge in [-0.1, -0.05) is 43.2 Å². The molecule has 3 aliphatic heterocycles. The number of hydrogen-bond acceptors (Lipinski definition) is 6. The molecule has 5 aliphatic rings. The Morgan fingerprint density at radius 3 is 2.38 bits per heavy atom. The first kappa shape index (κ1) is 33.9. The van der Waals surface area contributed by atoms with Crippen molar-refractivity contribution >= 4 is 23.4 Å². The number of likely N-dealkylation sites (tertiary alicyclic amines) is 1. The molecule has 0 radical (unpaired) electrons. The molecule has 11 heteroatoms. The summed E-state index contributed by atoms with van der Waals surface area (Å²) < 4.78 is 42.9. The van der Waals surface area contributed by atoms with E-state index in [1.54, 1.807) is 18.3 Å². The zero-order valence-corrected chi connectivity index (χ0v) is 29.8. The second kappa shape index (κ2) is 13.5. The van der Waals surface area contributed by atoms with Gasteiger partial charge in [0.25, 0.3) is 5.92 Å². The molecule has 9 nitrogen and oxygen atoms in total. The lowest BCUT2D eigenvalue weighted by molar-refractivity contribution is -0.135. The molecule has 274 valence electrons. The van der Waals surface area contributed by atoms with Gasteiger partial charge in [0, 0.05) is 54.5 Å². The summed E-state index contributed by atoms with van der Waals surface area (Å²) in [5, 5.41) is 2.81. The number of fused-ring (bicyclic) bond motifs is 4. The van der Waals surface area contributed by atoms with E-state index < -0.39 is 18.1 Å². The number of alkyl carbamates (subject to hydrolysis) is 1. The van der Waals surface area contributed by atoms with Crippen molar-refractivity contribution in [3.8, 4) is 33.5 Å². The van der Waals surface area contributed by atoms with Crippen molar-refractivity contribution in [2.45, 2.75) is 81.7 Å². The first-order chi connectivity index (χ1) is 25.8. The van der Waals surface area contributed by atoms with E-state index in [2.05, 4.69) is 15.3 Å². The van der Waals surface area contributed by atoms with E-state index >= 15 is 8.78 Å². The number of alkyl halides is 2. The number of halogens is 2. The fourth-order valence-corrected chi connectivity index (χ4v) is 9.23. The Kier molecular flexibility index (Phi) is 8.64. The number of hydrogen-bond donors (Lipinski definition) is 2. The number of methoxy groups -OCH3 is 1. The number of rotatable bonds is 7. The van der Waals surface area contributed by atoms with Gasteiger partial charge in [-0.3, -0.25) is 9.79 Å². The van der Waals surface area contributed by atoms with Crippen molar-refractivity contribution in [1.82, 2.24) is 20.2 Å². The maximum Gasteiger partial charge on any atom is 0.407 e. The van der Waals surface area contributed by atoms with Gasteiger partial charge < -0.3 is 24.7 Å².